The highest BCUT2D eigenvalue weighted by atomic mass is 127. The van der Waals surface area contributed by atoms with Gasteiger partial charge in [0.15, 0.2) is 0 Å². The monoisotopic (exact) mass is 1130 g/mol. The number of carboxylic acid groups (broad SMARTS) is 1. The molecule has 1 heterocycles. The maximum Gasteiger partial charge on any atom is 0.336 e. The average molecular weight is 1130 g/mol. The van der Waals surface area contributed by atoms with Gasteiger partial charge in [-0.2, -0.15) is 0 Å². The van der Waals surface area contributed by atoms with Gasteiger partial charge in [-0.25, -0.2) is 4.79 Å². The number of carbonyl (C=O) groups is 2. The lowest BCUT2D eigenvalue weighted by Gasteiger charge is -2.09. The third-order valence-corrected chi connectivity index (χ3v) is 10.5. The molecule has 1 aromatic heterocycles. The Bertz CT molecular complexity index is 2430. The maximum absolute atomic E-state index is 11.9. The van der Waals surface area contributed by atoms with E-state index in [0.717, 1.165) is 36.3 Å². The van der Waals surface area contributed by atoms with Crippen molar-refractivity contribution in [3.63, 3.8) is 0 Å². The molecule has 0 aliphatic carbocycles. The Labute approximate surface area is 403 Å². The topological polar surface area (TPSA) is 166 Å². The number of nitrogen functional groups attached to an aromatic ring is 1. The van der Waals surface area contributed by atoms with E-state index in [1.807, 2.05) is 96.4 Å². The van der Waals surface area contributed by atoms with E-state index in [-0.39, 0.29) is 23.9 Å². The molecular weight excluding hydrogens is 1090 g/mol. The highest BCUT2D eigenvalue weighted by molar-refractivity contribution is 14.1. The van der Waals surface area contributed by atoms with Crippen LogP contribution in [0, 0.1) is 7.14 Å². The Hall–Kier alpha value is -4.33. The molecule has 8 N–H and O–H groups in total. The SMILES string of the molecule is CCCCNC.Cl.NNc1ccc(Cl)cc1.O=C(NNc1ccc(Cl)cc1)c1ccccc1I.O=C(O)c1ccccc1I.O=c1[nH]n(-c2ccc(Cl)cc2)c2ccccc12. The molecule has 11 nitrogen and oxygen atoms in total. The van der Waals surface area contributed by atoms with Crippen molar-refractivity contribution in [1.29, 1.82) is 0 Å². The van der Waals surface area contributed by atoms with E-state index in [9.17, 15) is 14.4 Å². The first-order chi connectivity index (χ1) is 28.9. The van der Waals surface area contributed by atoms with Crippen LogP contribution in [0.2, 0.25) is 15.1 Å². The smallest absolute Gasteiger partial charge is 0.336 e. The first-order valence-corrected chi connectivity index (χ1v) is 21.5. The van der Waals surface area contributed by atoms with Gasteiger partial charge in [-0.1, -0.05) is 84.5 Å². The Morgan fingerprint density at radius 1 is 0.705 bits per heavy atom. The molecule has 1 amide bonds. The highest BCUT2D eigenvalue weighted by Gasteiger charge is 2.09. The number of amides is 1. The van der Waals surface area contributed by atoms with Crippen molar-refractivity contribution >= 4 is 127 Å². The van der Waals surface area contributed by atoms with Gasteiger partial charge in [0.2, 0.25) is 0 Å². The molecule has 0 aliphatic heterocycles. The molecule has 0 saturated carbocycles. The molecule has 0 atom stereocenters. The minimum atomic E-state index is -0.870. The highest BCUT2D eigenvalue weighted by Crippen LogP contribution is 2.18. The van der Waals surface area contributed by atoms with Crippen LogP contribution in [0.4, 0.5) is 11.4 Å². The number of para-hydroxylation sites is 1. The normalized spacial score (nSPS) is 9.70. The third kappa shape index (κ3) is 18.7. The van der Waals surface area contributed by atoms with E-state index in [1.54, 1.807) is 83.5 Å². The summed E-state index contributed by atoms with van der Waals surface area (Å²) in [5.41, 5.74) is 12.3. The molecule has 0 aliphatic rings. The van der Waals surface area contributed by atoms with Crippen LogP contribution < -0.4 is 33.0 Å². The first kappa shape index (κ1) is 52.8. The molecule has 0 spiro atoms. The van der Waals surface area contributed by atoms with Gasteiger partial charge in [0.25, 0.3) is 11.5 Å². The lowest BCUT2D eigenvalue weighted by atomic mass is 10.2. The second-order valence-corrected chi connectivity index (χ2v) is 15.9. The van der Waals surface area contributed by atoms with Crippen LogP contribution in [0.3, 0.4) is 0 Å². The number of H-pyrrole nitrogens is 1. The van der Waals surface area contributed by atoms with Gasteiger partial charge in [-0.3, -0.25) is 36.1 Å². The van der Waals surface area contributed by atoms with E-state index in [0.29, 0.717) is 31.6 Å². The number of carboxylic acids is 1. The van der Waals surface area contributed by atoms with Crippen LogP contribution in [0.15, 0.2) is 150 Å². The Morgan fingerprint density at radius 2 is 1.18 bits per heavy atom. The predicted octanol–water partition coefficient (Wildman–Crippen LogP) is 11.7. The average Bonchev–Trinajstić information content (AvgIpc) is 3.60. The molecular formula is C44H45Cl4I2N7O4. The van der Waals surface area contributed by atoms with Crippen LogP contribution in [0.5, 0.6) is 0 Å². The molecule has 61 heavy (non-hydrogen) atoms. The number of aromatic amines is 1. The molecule has 7 aromatic rings. The van der Waals surface area contributed by atoms with Crippen molar-refractivity contribution in [3.8, 4) is 5.69 Å². The Morgan fingerprint density at radius 3 is 1.64 bits per heavy atom. The number of nitrogens with two attached hydrogens (primary N) is 1. The third-order valence-electron chi connectivity index (χ3n) is 7.87. The number of nitrogens with zero attached hydrogens (tertiary/aromatic N) is 1. The van der Waals surface area contributed by atoms with Crippen molar-refractivity contribution < 1.29 is 14.7 Å². The quantitative estimate of drug-likeness (QED) is 0.0325. The van der Waals surface area contributed by atoms with Gasteiger partial charge in [-0.15, -0.1) is 12.4 Å². The number of benzene rings is 6. The number of aromatic nitrogens is 2. The number of carbonyl (C=O) groups excluding carboxylic acids is 1. The van der Waals surface area contributed by atoms with Crippen molar-refractivity contribution in [3.05, 3.63) is 189 Å². The van der Waals surface area contributed by atoms with Crippen molar-refractivity contribution in [2.75, 3.05) is 24.4 Å². The van der Waals surface area contributed by atoms with Gasteiger partial charge in [0, 0.05) is 27.9 Å². The van der Waals surface area contributed by atoms with Crippen LogP contribution in [0.25, 0.3) is 16.6 Å². The van der Waals surface area contributed by atoms with Gasteiger partial charge >= 0.3 is 5.97 Å². The minimum absolute atomic E-state index is 0. The van der Waals surface area contributed by atoms with E-state index in [1.165, 1.54) is 12.8 Å². The summed E-state index contributed by atoms with van der Waals surface area (Å²) in [6.45, 7) is 3.36. The number of hydrogen-bond donors (Lipinski definition) is 7. The Balaban J connectivity index is 0.000000276. The van der Waals surface area contributed by atoms with Crippen LogP contribution >= 0.6 is 92.4 Å². The number of halogens is 6. The summed E-state index contributed by atoms with van der Waals surface area (Å²) in [5, 5.41) is 17.2. The minimum Gasteiger partial charge on any atom is -0.478 e. The van der Waals surface area contributed by atoms with Crippen molar-refractivity contribution in [1.82, 2.24) is 20.5 Å². The zero-order valence-electron chi connectivity index (χ0n) is 33.0. The molecule has 6 aromatic carbocycles. The maximum atomic E-state index is 11.9. The van der Waals surface area contributed by atoms with Gasteiger partial charge < -0.3 is 15.8 Å². The lowest BCUT2D eigenvalue weighted by molar-refractivity contribution is 0.0695. The summed E-state index contributed by atoms with van der Waals surface area (Å²) < 4.78 is 3.44. The Kier molecular flexibility index (Phi) is 25.2. The van der Waals surface area contributed by atoms with Gasteiger partial charge in [0.1, 0.15) is 0 Å². The number of unbranched alkanes of at least 4 members (excludes halogenated alkanes) is 1. The number of anilines is 2. The summed E-state index contributed by atoms with van der Waals surface area (Å²) in [5.74, 6) is 4.07. The number of rotatable bonds is 9. The standard InChI is InChI=1S/C13H10ClIN2O.C13H9ClN2O.C7H5IO2.C6H7ClN2.C5H13N.ClH/c14-9-5-7-10(8-6-9)16-17-13(18)11-3-1-2-4-12(11)15;14-9-5-7-10(8-6-9)16-12-4-2-1-3-11(12)13(17)15-16;8-6-4-2-1-3-5(6)7(9)10;7-5-1-3-6(9-8)4-2-5;1-3-4-5-6-2;/h1-8,16H,(H,17,18);1-8H,(H,15,17);1-4H,(H,9,10);1-4,9H,8H2;6H,3-5H2,1-2H3;1H. The summed E-state index contributed by atoms with van der Waals surface area (Å²) in [4.78, 5) is 34.1. The number of hydrogen-bond acceptors (Lipinski definition) is 7. The van der Waals surface area contributed by atoms with Crippen molar-refractivity contribution in [2.24, 2.45) is 5.84 Å². The molecule has 0 bridgehead atoms. The van der Waals surface area contributed by atoms with Crippen molar-refractivity contribution in [2.45, 2.75) is 19.8 Å². The predicted molar refractivity (Wildman–Crippen MR) is 272 cm³/mol. The van der Waals surface area contributed by atoms with Gasteiger partial charge in [0.05, 0.1) is 33.4 Å². The molecule has 0 saturated heterocycles. The number of fused-ring (bicyclic) bond motifs is 1. The molecule has 0 unspecified atom stereocenters. The summed E-state index contributed by atoms with van der Waals surface area (Å²) >= 11 is 21.3. The number of nitrogens with one attached hydrogen (secondary N) is 5. The molecule has 17 heteroatoms. The summed E-state index contributed by atoms with van der Waals surface area (Å²) in [6, 6.07) is 43.3. The van der Waals surface area contributed by atoms with E-state index in [2.05, 4.69) is 56.2 Å². The van der Waals surface area contributed by atoms with Crippen LogP contribution in [-0.2, 0) is 0 Å². The van der Waals surface area contributed by atoms with Gasteiger partial charge in [-0.05, 0) is 174 Å². The van der Waals surface area contributed by atoms with E-state index < -0.39 is 5.97 Å². The zero-order valence-corrected chi connectivity index (χ0v) is 40.4. The molecule has 7 rings (SSSR count). The fraction of sp³-hybridized carbons (Fsp3) is 0.114. The largest absolute Gasteiger partial charge is 0.478 e. The van der Waals surface area contributed by atoms with Crippen LogP contribution in [-0.4, -0.2) is 40.4 Å². The fourth-order valence-corrected chi connectivity index (χ4v) is 6.41. The summed E-state index contributed by atoms with van der Waals surface area (Å²) in [6.07, 6.45) is 2.59. The molecule has 0 fully saturated rings. The number of hydrazine groups is 2. The summed E-state index contributed by atoms with van der Waals surface area (Å²) in [7, 11) is 1.98. The van der Waals surface area contributed by atoms with E-state index >= 15 is 0 Å². The first-order valence-electron chi connectivity index (χ1n) is 18.2. The van der Waals surface area contributed by atoms with E-state index in [4.69, 9.17) is 45.8 Å². The number of aromatic carboxylic acids is 1. The second kappa shape index (κ2) is 29.1. The van der Waals surface area contributed by atoms with Crippen LogP contribution in [0.1, 0.15) is 40.5 Å². The fourth-order valence-electron chi connectivity index (χ4n) is 4.79. The zero-order chi connectivity index (χ0) is 43.9. The molecule has 0 radical (unpaired) electrons. The lowest BCUT2D eigenvalue weighted by Crippen LogP contribution is -2.29. The second-order valence-electron chi connectivity index (χ2n) is 12.2. The molecule has 322 valence electrons.